The number of carbonyl (C=O) groups excluding carboxylic acids is 3. The quantitative estimate of drug-likeness (QED) is 0.463. The van der Waals surface area contributed by atoms with Crippen molar-refractivity contribution in [1.82, 2.24) is 20.0 Å². The van der Waals surface area contributed by atoms with E-state index in [0.717, 1.165) is 5.56 Å². The summed E-state index contributed by atoms with van der Waals surface area (Å²) in [4.78, 5) is 49.0. The molecule has 0 N–H and O–H groups in total. The molecule has 192 valence electrons. The second kappa shape index (κ2) is 9.90. The minimum atomic E-state index is -3.54. The van der Waals surface area contributed by atoms with Crippen molar-refractivity contribution < 1.29 is 27.5 Å². The largest absolute Gasteiger partial charge is 0.482 e. The summed E-state index contributed by atoms with van der Waals surface area (Å²) >= 11 is 1.31. The molecule has 4 heterocycles. The Morgan fingerprint density at radius 2 is 1.97 bits per heavy atom. The number of benzene rings is 1. The molecule has 0 bridgehead atoms. The number of pyridine rings is 1. The van der Waals surface area contributed by atoms with Gasteiger partial charge in [-0.15, -0.1) is 11.3 Å². The number of hydrogen-bond acceptors (Lipinski definition) is 9. The van der Waals surface area contributed by atoms with Crippen LogP contribution in [-0.2, 0) is 19.4 Å². The highest BCUT2D eigenvalue weighted by molar-refractivity contribution is 7.91. The number of aromatic nitrogens is 2. The first-order valence-corrected chi connectivity index (χ1v) is 14.1. The maximum atomic E-state index is 13.3. The average molecular weight is 542 g/mol. The van der Waals surface area contributed by atoms with Crippen molar-refractivity contribution in [2.24, 2.45) is 0 Å². The third-order valence-electron chi connectivity index (χ3n) is 6.09. The Labute approximate surface area is 217 Å². The van der Waals surface area contributed by atoms with E-state index in [0.29, 0.717) is 30.3 Å². The number of ether oxygens (including phenoxy) is 1. The summed E-state index contributed by atoms with van der Waals surface area (Å²) in [5, 5.41) is 4.94. The van der Waals surface area contributed by atoms with E-state index in [1.165, 1.54) is 51.4 Å². The van der Waals surface area contributed by atoms with Gasteiger partial charge in [-0.3, -0.25) is 24.3 Å². The zero-order valence-corrected chi connectivity index (χ0v) is 21.5. The molecule has 0 saturated carbocycles. The first-order valence-electron chi connectivity index (χ1n) is 11.6. The van der Waals surface area contributed by atoms with Gasteiger partial charge in [0.1, 0.15) is 23.0 Å². The summed E-state index contributed by atoms with van der Waals surface area (Å²) in [6.45, 7) is 1.51. The molecule has 5 rings (SSSR count). The van der Waals surface area contributed by atoms with Crippen LogP contribution in [0.15, 0.2) is 53.0 Å². The topological polar surface area (TPSA) is 130 Å². The fourth-order valence-electron chi connectivity index (χ4n) is 4.14. The lowest BCUT2D eigenvalue weighted by Gasteiger charge is -2.32. The van der Waals surface area contributed by atoms with Gasteiger partial charge in [0.25, 0.3) is 17.7 Å². The Kier molecular flexibility index (Phi) is 6.65. The molecule has 1 saturated heterocycles. The van der Waals surface area contributed by atoms with Crippen LogP contribution in [0.1, 0.15) is 23.8 Å². The van der Waals surface area contributed by atoms with Crippen molar-refractivity contribution in [1.29, 1.82) is 0 Å². The van der Waals surface area contributed by atoms with E-state index in [4.69, 9.17) is 4.74 Å². The van der Waals surface area contributed by atoms with E-state index in [1.54, 1.807) is 23.8 Å². The number of amides is 3. The van der Waals surface area contributed by atoms with Crippen molar-refractivity contribution in [3.8, 4) is 16.3 Å². The highest BCUT2D eigenvalue weighted by atomic mass is 32.2. The zero-order chi connectivity index (χ0) is 26.2. The summed E-state index contributed by atoms with van der Waals surface area (Å²) in [5.74, 6) is -1.17. The van der Waals surface area contributed by atoms with Gasteiger partial charge in [0, 0.05) is 36.4 Å². The Balaban J connectivity index is 1.36. The van der Waals surface area contributed by atoms with Gasteiger partial charge < -0.3 is 4.74 Å². The van der Waals surface area contributed by atoms with Crippen molar-refractivity contribution in [3.63, 3.8) is 0 Å². The smallest absolute Gasteiger partial charge is 0.291 e. The van der Waals surface area contributed by atoms with Crippen LogP contribution in [0, 0.1) is 0 Å². The predicted octanol–water partition coefficient (Wildman–Crippen LogP) is 2.01. The molecule has 0 spiro atoms. The molecule has 0 aliphatic carbocycles. The van der Waals surface area contributed by atoms with Gasteiger partial charge in [0.05, 0.1) is 16.3 Å². The van der Waals surface area contributed by atoms with E-state index >= 15 is 0 Å². The summed E-state index contributed by atoms with van der Waals surface area (Å²) in [6, 6.07) is 7.88. The molecule has 11 nitrogen and oxygen atoms in total. The molecule has 1 aromatic carbocycles. The van der Waals surface area contributed by atoms with Crippen LogP contribution < -0.4 is 9.64 Å². The number of thiazole rings is 1. The number of hydrazine groups is 1. The molecular formula is C24H23N5O6S2. The van der Waals surface area contributed by atoms with Gasteiger partial charge in [-0.25, -0.2) is 23.4 Å². The molecule has 2 aromatic heterocycles. The number of rotatable bonds is 6. The van der Waals surface area contributed by atoms with Crippen molar-refractivity contribution in [2.75, 3.05) is 36.9 Å². The minimum absolute atomic E-state index is 0.0374. The zero-order valence-electron chi connectivity index (χ0n) is 19.9. The Hall–Kier alpha value is -3.84. The fourth-order valence-corrected chi connectivity index (χ4v) is 5.83. The van der Waals surface area contributed by atoms with Crippen LogP contribution in [0.3, 0.4) is 0 Å². The lowest BCUT2D eigenvalue weighted by Crippen LogP contribution is -2.51. The normalized spacial score (nSPS) is 15.5. The summed E-state index contributed by atoms with van der Waals surface area (Å²) in [6.07, 6.45) is 3.88. The van der Waals surface area contributed by atoms with Crippen LogP contribution >= 0.6 is 11.3 Å². The van der Waals surface area contributed by atoms with Gasteiger partial charge in [0.2, 0.25) is 0 Å². The summed E-state index contributed by atoms with van der Waals surface area (Å²) in [5.41, 5.74) is 1.21. The van der Waals surface area contributed by atoms with Crippen LogP contribution in [0.4, 0.5) is 5.69 Å². The Bertz CT molecular complexity index is 1470. The van der Waals surface area contributed by atoms with E-state index in [1.807, 2.05) is 6.07 Å². The Morgan fingerprint density at radius 3 is 2.73 bits per heavy atom. The highest BCUT2D eigenvalue weighted by Crippen LogP contribution is 2.35. The van der Waals surface area contributed by atoms with Gasteiger partial charge in [-0.1, -0.05) is 6.92 Å². The standard InChI is InChI=1S/C24H23N5O6S2/c1-2-37(33,34)17-6-7-20-19(11-17)27(22(31)14-35-20)13-21(30)28-9-4-10-29(28)24(32)18-15-36-23(26-18)16-5-3-8-25-12-16/h3,5-8,11-12,15H,2,4,9-10,13-14H2,1H3. The SMILES string of the molecule is CCS(=O)(=O)c1ccc2c(c1)N(CC(=O)N1CCCN1C(=O)c1csc(-c3cccnc3)n1)C(=O)CO2. The molecule has 1 fully saturated rings. The second-order valence-electron chi connectivity index (χ2n) is 8.38. The third kappa shape index (κ3) is 4.79. The third-order valence-corrected chi connectivity index (χ3v) is 8.71. The molecule has 3 amide bonds. The molecular weight excluding hydrogens is 518 g/mol. The molecule has 0 atom stereocenters. The minimum Gasteiger partial charge on any atom is -0.482 e. The molecule has 13 heteroatoms. The highest BCUT2D eigenvalue weighted by Gasteiger charge is 2.36. The monoisotopic (exact) mass is 541 g/mol. The molecule has 2 aliphatic rings. The van der Waals surface area contributed by atoms with E-state index in [-0.39, 0.29) is 35.2 Å². The molecule has 0 unspecified atom stereocenters. The predicted molar refractivity (Wildman–Crippen MR) is 135 cm³/mol. The number of hydrogen-bond donors (Lipinski definition) is 0. The fraction of sp³-hybridized carbons (Fsp3) is 0.292. The number of anilines is 1. The average Bonchev–Trinajstić information content (AvgIpc) is 3.61. The first-order chi connectivity index (χ1) is 17.8. The summed E-state index contributed by atoms with van der Waals surface area (Å²) in [7, 11) is -3.54. The first kappa shape index (κ1) is 24.8. The number of carbonyl (C=O) groups is 3. The van der Waals surface area contributed by atoms with Crippen LogP contribution in [0.25, 0.3) is 10.6 Å². The van der Waals surface area contributed by atoms with Crippen LogP contribution in [0.5, 0.6) is 5.75 Å². The van der Waals surface area contributed by atoms with Crippen molar-refractivity contribution in [2.45, 2.75) is 18.2 Å². The van der Waals surface area contributed by atoms with Crippen molar-refractivity contribution in [3.05, 3.63) is 53.8 Å². The van der Waals surface area contributed by atoms with Crippen LogP contribution in [-0.4, -0.2) is 78.1 Å². The summed E-state index contributed by atoms with van der Waals surface area (Å²) < 4.78 is 30.2. The Morgan fingerprint density at radius 1 is 1.16 bits per heavy atom. The lowest BCUT2D eigenvalue weighted by atomic mass is 10.2. The van der Waals surface area contributed by atoms with Gasteiger partial charge in [-0.05, 0) is 36.8 Å². The second-order valence-corrected chi connectivity index (χ2v) is 11.5. The maximum absolute atomic E-state index is 13.3. The van der Waals surface area contributed by atoms with E-state index < -0.39 is 27.6 Å². The molecule has 37 heavy (non-hydrogen) atoms. The van der Waals surface area contributed by atoms with Gasteiger partial charge in [0.15, 0.2) is 16.4 Å². The van der Waals surface area contributed by atoms with Crippen LogP contribution in [0.2, 0.25) is 0 Å². The molecule has 3 aromatic rings. The number of nitrogens with zero attached hydrogens (tertiary/aromatic N) is 5. The van der Waals surface area contributed by atoms with Gasteiger partial charge >= 0.3 is 0 Å². The number of fused-ring (bicyclic) bond motifs is 1. The lowest BCUT2D eigenvalue weighted by molar-refractivity contribution is -0.140. The molecule has 0 radical (unpaired) electrons. The van der Waals surface area contributed by atoms with Crippen molar-refractivity contribution >= 4 is 44.6 Å². The number of sulfone groups is 1. The van der Waals surface area contributed by atoms with E-state index in [2.05, 4.69) is 9.97 Å². The van der Waals surface area contributed by atoms with Gasteiger partial charge in [-0.2, -0.15) is 0 Å². The maximum Gasteiger partial charge on any atom is 0.291 e. The molecule has 2 aliphatic heterocycles. The van der Waals surface area contributed by atoms with E-state index in [9.17, 15) is 22.8 Å².